The number of sulfonamides is 1. The second-order valence-electron chi connectivity index (χ2n) is 20.2. The van der Waals surface area contributed by atoms with Gasteiger partial charge in [-0.15, -0.1) is 0 Å². The Morgan fingerprint density at radius 3 is 2.00 bits per heavy atom. The Morgan fingerprint density at radius 1 is 0.817 bits per heavy atom. The largest absolute Gasteiger partial charge is 0.530 e. The topological polar surface area (TPSA) is 132 Å². The monoisotopic (exact) mass is 1030 g/mol. The summed E-state index contributed by atoms with van der Waals surface area (Å²) < 4.78 is 61.3. The van der Waals surface area contributed by atoms with E-state index in [1.54, 1.807) is 18.2 Å². The molecule has 0 spiro atoms. The molecule has 0 radical (unpaired) electrons. The number of halogens is 2. The highest BCUT2D eigenvalue weighted by Crippen LogP contribution is 2.41. The fourth-order valence-corrected chi connectivity index (χ4v) is 10.7. The van der Waals surface area contributed by atoms with Crippen LogP contribution in [0.4, 0.5) is 20.6 Å². The molecule has 1 fully saturated rings. The van der Waals surface area contributed by atoms with Gasteiger partial charge in [0.1, 0.15) is 36.6 Å². The lowest BCUT2D eigenvalue weighted by atomic mass is 9.98. The number of rotatable bonds is 26. The van der Waals surface area contributed by atoms with E-state index in [-0.39, 0.29) is 17.2 Å². The number of hydrogen-bond acceptors (Lipinski definition) is 9. The van der Waals surface area contributed by atoms with E-state index in [0.717, 1.165) is 87.7 Å². The molecule has 384 valence electrons. The maximum Gasteiger partial charge on any atom is 0.229 e. The molecular weight excluding hydrogens is 955 g/mol. The minimum Gasteiger partial charge on any atom is -0.530 e. The maximum atomic E-state index is 14.7. The number of piperidine rings is 1. The maximum absolute atomic E-state index is 14.7. The van der Waals surface area contributed by atoms with Crippen molar-refractivity contribution < 1.29 is 36.6 Å². The fourth-order valence-electron chi connectivity index (χ4n) is 8.67. The van der Waals surface area contributed by atoms with Gasteiger partial charge in [0.2, 0.25) is 10.0 Å². The van der Waals surface area contributed by atoms with Gasteiger partial charge in [-0.3, -0.25) is 4.72 Å². The summed E-state index contributed by atoms with van der Waals surface area (Å²) in [6, 6.07) is 34.2. The number of nitrogens with one attached hydrogen (secondary N) is 2. The fraction of sp³-hybridized carbons (Fsp3) is 0.446. The Bertz CT molecular complexity index is 2580. The van der Waals surface area contributed by atoms with E-state index in [4.69, 9.17) is 25.5 Å². The minimum absolute atomic E-state index is 0.0146. The van der Waals surface area contributed by atoms with Crippen LogP contribution in [0.15, 0.2) is 115 Å². The smallest absolute Gasteiger partial charge is 0.229 e. The predicted octanol–water partition coefficient (Wildman–Crippen LogP) is 12.4. The van der Waals surface area contributed by atoms with Gasteiger partial charge in [0.05, 0.1) is 28.8 Å². The highest BCUT2D eigenvalue weighted by Gasteiger charge is 2.39. The van der Waals surface area contributed by atoms with Crippen molar-refractivity contribution in [2.45, 2.75) is 122 Å². The molecule has 2 N–H and O–H groups in total. The van der Waals surface area contributed by atoms with Crippen molar-refractivity contribution in [2.75, 3.05) is 48.6 Å². The van der Waals surface area contributed by atoms with Crippen LogP contribution >= 0.6 is 11.6 Å². The first-order valence-corrected chi connectivity index (χ1v) is 30.2. The molecule has 1 heterocycles. The normalized spacial score (nSPS) is 14.3. The minimum atomic E-state index is -3.57. The third-order valence-corrected chi connectivity index (χ3v) is 19.0. The number of likely N-dealkylation sites (tertiary alicyclic amines) is 1. The standard InChI is InChI=1S/C56H74ClFN4O7SSi/c1-56(2,3)71(5,6)69-54(45-25-29-53(50(37-45)60-70(4,65)66)68-41-43-22-16-13-17-23-43)39-59-32-18-10-8-7-9-11-19-33-61-34-30-47(31-35-61)62(55(63)64)51-27-26-46(58)38-48(51)44-24-28-52(49(57)36-44)67-40-42-20-14-12-15-21-42/h12-17,20-29,36-38,47,54,59-60H,7-11,18-19,30-35,39-41H2,1-6H3,(H,63,64)/p-1/t54-/m0/s1. The number of amides is 1. The highest BCUT2D eigenvalue weighted by molar-refractivity contribution is 7.92. The molecule has 5 aromatic rings. The molecule has 1 amide bonds. The number of unbranched alkanes of at least 4 members (excludes halogenated alkanes) is 6. The molecule has 15 heteroatoms. The molecule has 1 saturated heterocycles. The van der Waals surface area contributed by atoms with Gasteiger partial charge in [-0.1, -0.05) is 137 Å². The number of hydrogen-bond donors (Lipinski definition) is 2. The first-order valence-electron chi connectivity index (χ1n) is 25.0. The van der Waals surface area contributed by atoms with E-state index in [0.29, 0.717) is 71.6 Å². The van der Waals surface area contributed by atoms with E-state index in [1.165, 1.54) is 29.5 Å². The summed E-state index contributed by atoms with van der Waals surface area (Å²) in [5.41, 5.74) is 4.64. The molecule has 0 aliphatic carbocycles. The van der Waals surface area contributed by atoms with Gasteiger partial charge in [0.15, 0.2) is 8.32 Å². The Labute approximate surface area is 428 Å². The molecule has 0 unspecified atom stereocenters. The van der Waals surface area contributed by atoms with Crippen molar-refractivity contribution in [2.24, 2.45) is 0 Å². The zero-order chi connectivity index (χ0) is 51.0. The van der Waals surface area contributed by atoms with Crippen LogP contribution in [-0.2, 0) is 27.7 Å². The van der Waals surface area contributed by atoms with E-state index in [9.17, 15) is 22.7 Å². The number of carbonyl (C=O) groups excluding carboxylic acids is 1. The summed E-state index contributed by atoms with van der Waals surface area (Å²) in [5, 5.41) is 16.7. The Hall–Kier alpha value is -4.96. The van der Waals surface area contributed by atoms with Gasteiger partial charge in [0.25, 0.3) is 0 Å². The molecule has 5 aromatic carbocycles. The van der Waals surface area contributed by atoms with Crippen LogP contribution in [0.1, 0.15) is 101 Å². The first kappa shape index (κ1) is 55.4. The number of ether oxygens (including phenoxy) is 2. The second kappa shape index (κ2) is 26.1. The molecule has 0 saturated carbocycles. The summed E-state index contributed by atoms with van der Waals surface area (Å²) in [6.45, 7) is 15.7. The van der Waals surface area contributed by atoms with Crippen molar-refractivity contribution in [1.82, 2.24) is 10.2 Å². The third kappa shape index (κ3) is 17.1. The van der Waals surface area contributed by atoms with Gasteiger partial charge in [-0.2, -0.15) is 0 Å². The van der Waals surface area contributed by atoms with Crippen LogP contribution in [0.5, 0.6) is 11.5 Å². The molecule has 0 aromatic heterocycles. The highest BCUT2D eigenvalue weighted by atomic mass is 35.5. The molecule has 1 atom stereocenters. The third-order valence-electron chi connectivity index (χ3n) is 13.6. The summed E-state index contributed by atoms with van der Waals surface area (Å²) in [7, 11) is -5.77. The number of carboxylic acid groups (broad SMARTS) is 1. The van der Waals surface area contributed by atoms with E-state index >= 15 is 0 Å². The van der Waals surface area contributed by atoms with Crippen molar-refractivity contribution in [3.05, 3.63) is 143 Å². The number of nitrogens with zero attached hydrogens (tertiary/aromatic N) is 2. The van der Waals surface area contributed by atoms with Crippen molar-refractivity contribution in [1.29, 1.82) is 0 Å². The van der Waals surface area contributed by atoms with E-state index in [2.05, 4.69) is 48.8 Å². The average Bonchev–Trinajstić information content (AvgIpc) is 3.32. The van der Waals surface area contributed by atoms with Crippen molar-refractivity contribution in [3.8, 4) is 22.6 Å². The van der Waals surface area contributed by atoms with Gasteiger partial charge >= 0.3 is 0 Å². The SMILES string of the molecule is CC(C)(C)[Si](C)(C)O[C@@H](CNCCCCCCCCCN1CCC(N(C(=O)[O-])c2ccc(F)cc2-c2ccc(OCc3ccccc3)c(Cl)c2)CC1)c1ccc(OCc2ccccc2)c(NS(C)(=O)=O)c1. The van der Waals surface area contributed by atoms with Crippen LogP contribution in [0.3, 0.4) is 0 Å². The summed E-state index contributed by atoms with van der Waals surface area (Å²) >= 11 is 6.64. The predicted molar refractivity (Wildman–Crippen MR) is 287 cm³/mol. The molecular formula is C56H73ClFN4O7SSi-. The first-order chi connectivity index (χ1) is 33.9. The van der Waals surface area contributed by atoms with Crippen LogP contribution in [0.2, 0.25) is 23.2 Å². The van der Waals surface area contributed by atoms with Crippen molar-refractivity contribution >= 4 is 47.4 Å². The summed E-state index contributed by atoms with van der Waals surface area (Å²) in [6.07, 6.45) is 8.73. The number of benzene rings is 5. The lowest BCUT2D eigenvalue weighted by molar-refractivity contribution is -0.247. The quantitative estimate of drug-likeness (QED) is 0.0410. The molecule has 0 bridgehead atoms. The van der Waals surface area contributed by atoms with Gasteiger partial charge in [0, 0.05) is 31.2 Å². The Morgan fingerprint density at radius 2 is 1.41 bits per heavy atom. The average molecular weight is 1030 g/mol. The Balaban J connectivity index is 0.921. The molecule has 6 rings (SSSR count). The summed E-state index contributed by atoms with van der Waals surface area (Å²) in [4.78, 5) is 16.5. The van der Waals surface area contributed by atoms with Crippen LogP contribution < -0.4 is 29.5 Å². The zero-order valence-electron chi connectivity index (χ0n) is 42.4. The number of carbonyl (C=O) groups is 1. The van der Waals surface area contributed by atoms with Gasteiger partial charge in [-0.25, -0.2) is 12.8 Å². The summed E-state index contributed by atoms with van der Waals surface area (Å²) in [5.74, 6) is 0.462. The lowest BCUT2D eigenvalue weighted by Gasteiger charge is -2.40. The molecule has 71 heavy (non-hydrogen) atoms. The molecule has 1 aliphatic heterocycles. The van der Waals surface area contributed by atoms with Crippen LogP contribution in [-0.4, -0.2) is 72.7 Å². The van der Waals surface area contributed by atoms with Crippen LogP contribution in [0, 0.1) is 5.82 Å². The van der Waals surface area contributed by atoms with Crippen LogP contribution in [0.25, 0.3) is 11.1 Å². The van der Waals surface area contributed by atoms with E-state index < -0.39 is 30.3 Å². The van der Waals surface area contributed by atoms with Gasteiger partial charge < -0.3 is 38.9 Å². The number of anilines is 2. The van der Waals surface area contributed by atoms with Crippen molar-refractivity contribution in [3.63, 3.8) is 0 Å². The van der Waals surface area contributed by atoms with Gasteiger partial charge in [-0.05, 0) is 122 Å². The lowest BCUT2D eigenvalue weighted by Crippen LogP contribution is -2.52. The Kier molecular flexibility index (Phi) is 20.4. The van der Waals surface area contributed by atoms with E-state index in [1.807, 2.05) is 78.9 Å². The molecule has 1 aliphatic rings. The molecule has 11 nitrogen and oxygen atoms in total. The second-order valence-corrected chi connectivity index (χ2v) is 27.2. The zero-order valence-corrected chi connectivity index (χ0v) is 44.9.